The Balaban J connectivity index is 1.39. The Labute approximate surface area is 235 Å². The van der Waals surface area contributed by atoms with Crippen LogP contribution in [0.4, 0.5) is 0 Å². The summed E-state index contributed by atoms with van der Waals surface area (Å²) in [7, 11) is 0. The normalized spacial score (nSPS) is 11.9. The topological polar surface area (TPSA) is 84.2 Å². The number of amides is 1. The lowest BCUT2D eigenvalue weighted by atomic mass is 9.99. The summed E-state index contributed by atoms with van der Waals surface area (Å²) < 4.78 is 2.98. The summed E-state index contributed by atoms with van der Waals surface area (Å²) in [5.74, 6) is -1.06. The molecule has 6 nitrogen and oxygen atoms in total. The maximum atomic E-state index is 13.1. The zero-order chi connectivity index (χ0) is 27.7. The molecule has 3 aromatic carbocycles. The zero-order valence-corrected chi connectivity index (χ0v) is 23.5. The molecule has 5 aromatic rings. The smallest absolute Gasteiger partial charge is 0.336 e. The summed E-state index contributed by atoms with van der Waals surface area (Å²) in [6, 6.07) is 24.5. The van der Waals surface area contributed by atoms with Crippen molar-refractivity contribution in [2.45, 2.75) is 33.4 Å². The molecule has 0 spiro atoms. The summed E-state index contributed by atoms with van der Waals surface area (Å²) in [5.41, 5.74) is 7.88. The number of aromatic carboxylic acids is 1. The maximum Gasteiger partial charge on any atom is 0.336 e. The second kappa shape index (κ2) is 10.9. The quantitative estimate of drug-likeness (QED) is 0.197. The van der Waals surface area contributed by atoms with Gasteiger partial charge in [-0.25, -0.2) is 9.78 Å². The van der Waals surface area contributed by atoms with E-state index < -0.39 is 5.97 Å². The lowest BCUT2D eigenvalue weighted by Gasteiger charge is -2.15. The van der Waals surface area contributed by atoms with Crippen molar-refractivity contribution >= 4 is 38.7 Å². The summed E-state index contributed by atoms with van der Waals surface area (Å²) in [4.78, 5) is 28.9. The van der Waals surface area contributed by atoms with Crippen molar-refractivity contribution < 1.29 is 14.7 Å². The number of pyridine rings is 1. The van der Waals surface area contributed by atoms with Crippen molar-refractivity contribution in [1.29, 1.82) is 0 Å². The maximum absolute atomic E-state index is 13.1. The van der Waals surface area contributed by atoms with Gasteiger partial charge in [-0.15, -0.1) is 0 Å². The number of aromatic nitrogens is 2. The molecule has 2 aromatic heterocycles. The predicted octanol–water partition coefficient (Wildman–Crippen LogP) is 7.32. The molecular formula is C32H28BrN3O3. The van der Waals surface area contributed by atoms with Gasteiger partial charge in [0.25, 0.3) is 5.91 Å². The van der Waals surface area contributed by atoms with Crippen LogP contribution in [0, 0.1) is 13.8 Å². The number of carboxylic acids is 1. The van der Waals surface area contributed by atoms with Crippen LogP contribution < -0.4 is 5.32 Å². The van der Waals surface area contributed by atoms with Gasteiger partial charge < -0.3 is 15.0 Å². The molecule has 39 heavy (non-hydrogen) atoms. The van der Waals surface area contributed by atoms with Crippen LogP contribution in [0.1, 0.15) is 56.1 Å². The van der Waals surface area contributed by atoms with Gasteiger partial charge in [-0.3, -0.25) is 4.79 Å². The van der Waals surface area contributed by atoms with Crippen LogP contribution in [-0.2, 0) is 6.54 Å². The van der Waals surface area contributed by atoms with Gasteiger partial charge in [-0.05, 0) is 101 Å². The monoisotopic (exact) mass is 581 g/mol. The first-order valence-corrected chi connectivity index (χ1v) is 13.5. The third-order valence-electron chi connectivity index (χ3n) is 7.26. The summed E-state index contributed by atoms with van der Waals surface area (Å²) in [6.07, 6.45) is 1.71. The molecule has 0 saturated carbocycles. The van der Waals surface area contributed by atoms with Gasteiger partial charge in [0.2, 0.25) is 0 Å². The number of rotatable bonds is 7. The summed E-state index contributed by atoms with van der Waals surface area (Å²) in [5, 5.41) is 13.7. The van der Waals surface area contributed by atoms with Crippen LogP contribution >= 0.6 is 15.9 Å². The predicted molar refractivity (Wildman–Crippen MR) is 157 cm³/mol. The number of fused-ring (bicyclic) bond motifs is 1. The van der Waals surface area contributed by atoms with Gasteiger partial charge in [-0.1, -0.05) is 42.5 Å². The van der Waals surface area contributed by atoms with E-state index in [1.54, 1.807) is 18.3 Å². The first-order valence-electron chi connectivity index (χ1n) is 12.7. The Morgan fingerprint density at radius 3 is 2.46 bits per heavy atom. The molecule has 0 radical (unpaired) electrons. The van der Waals surface area contributed by atoms with Crippen LogP contribution in [0.15, 0.2) is 89.7 Å². The Morgan fingerprint density at radius 2 is 1.74 bits per heavy atom. The highest BCUT2D eigenvalue weighted by atomic mass is 79.9. The molecular weight excluding hydrogens is 554 g/mol. The van der Waals surface area contributed by atoms with Crippen LogP contribution in [-0.4, -0.2) is 26.5 Å². The Kier molecular flexibility index (Phi) is 7.35. The van der Waals surface area contributed by atoms with E-state index in [1.165, 1.54) is 0 Å². The van der Waals surface area contributed by atoms with E-state index in [-0.39, 0.29) is 17.5 Å². The van der Waals surface area contributed by atoms with Crippen LogP contribution in [0.3, 0.4) is 0 Å². The molecule has 2 N–H and O–H groups in total. The number of aryl methyl sites for hydroxylation is 1. The van der Waals surface area contributed by atoms with Crippen LogP contribution in [0.5, 0.6) is 0 Å². The van der Waals surface area contributed by atoms with Gasteiger partial charge in [0.15, 0.2) is 0 Å². The van der Waals surface area contributed by atoms with Crippen molar-refractivity contribution in [2.24, 2.45) is 0 Å². The van der Waals surface area contributed by atoms with E-state index in [0.29, 0.717) is 17.7 Å². The highest BCUT2D eigenvalue weighted by molar-refractivity contribution is 9.10. The standard InChI is InChI=1S/C32H28BrN3O3/c1-19-21(3)36(18-22-8-10-23(11-9-22)26-6-4-5-7-27(26)32(38)39)29-13-12-25(16-28(19)29)31(37)35-20(2)24-14-15-34-30(33)17-24/h4-17,20H,18H2,1-3H3,(H,35,37)(H,38,39). The third kappa shape index (κ3) is 5.36. The van der Waals surface area contributed by atoms with Crippen molar-refractivity contribution in [3.05, 3.63) is 123 Å². The largest absolute Gasteiger partial charge is 0.478 e. The van der Waals surface area contributed by atoms with Crippen LogP contribution in [0.2, 0.25) is 0 Å². The number of benzene rings is 3. The lowest BCUT2D eigenvalue weighted by Crippen LogP contribution is -2.26. The number of carbonyl (C=O) groups is 2. The molecule has 1 amide bonds. The van der Waals surface area contributed by atoms with E-state index in [2.05, 4.69) is 44.6 Å². The van der Waals surface area contributed by atoms with Gasteiger partial charge >= 0.3 is 5.97 Å². The van der Waals surface area contributed by atoms with Crippen molar-refractivity contribution in [2.75, 3.05) is 0 Å². The van der Waals surface area contributed by atoms with E-state index >= 15 is 0 Å². The van der Waals surface area contributed by atoms with Gasteiger partial charge in [0, 0.05) is 34.9 Å². The number of hydrogen-bond acceptors (Lipinski definition) is 3. The number of hydrogen-bond donors (Lipinski definition) is 2. The minimum Gasteiger partial charge on any atom is -0.478 e. The fourth-order valence-corrected chi connectivity index (χ4v) is 5.32. The number of nitrogens with zero attached hydrogens (tertiary/aromatic N) is 2. The minimum absolute atomic E-state index is 0.126. The number of nitrogens with one attached hydrogen (secondary N) is 1. The second-order valence-corrected chi connectivity index (χ2v) is 10.5. The molecule has 196 valence electrons. The molecule has 0 saturated heterocycles. The molecule has 0 bridgehead atoms. The van der Waals surface area contributed by atoms with Gasteiger partial charge in [0.05, 0.1) is 11.6 Å². The van der Waals surface area contributed by atoms with E-state index in [4.69, 9.17) is 0 Å². The van der Waals surface area contributed by atoms with Crippen molar-refractivity contribution in [3.8, 4) is 11.1 Å². The molecule has 2 heterocycles. The summed E-state index contributed by atoms with van der Waals surface area (Å²) >= 11 is 3.38. The Bertz CT molecular complexity index is 1710. The molecule has 1 unspecified atom stereocenters. The van der Waals surface area contributed by atoms with E-state index in [9.17, 15) is 14.7 Å². The SMILES string of the molecule is Cc1c(C)n(Cc2ccc(-c3ccccc3C(=O)O)cc2)c2ccc(C(=O)NC(C)c3ccnc(Br)c3)cc12. The molecule has 5 rings (SSSR count). The van der Waals surface area contributed by atoms with E-state index in [0.717, 1.165) is 43.5 Å². The fraction of sp³-hybridized carbons (Fsp3) is 0.156. The van der Waals surface area contributed by atoms with Crippen LogP contribution in [0.25, 0.3) is 22.0 Å². The first-order chi connectivity index (χ1) is 18.7. The van der Waals surface area contributed by atoms with Crippen molar-refractivity contribution in [3.63, 3.8) is 0 Å². The number of carbonyl (C=O) groups excluding carboxylic acids is 1. The second-order valence-electron chi connectivity index (χ2n) is 9.68. The van der Waals surface area contributed by atoms with Crippen molar-refractivity contribution in [1.82, 2.24) is 14.9 Å². The zero-order valence-electron chi connectivity index (χ0n) is 21.9. The average Bonchev–Trinajstić information content (AvgIpc) is 3.17. The van der Waals surface area contributed by atoms with Gasteiger partial charge in [0.1, 0.15) is 4.60 Å². The van der Waals surface area contributed by atoms with Gasteiger partial charge in [-0.2, -0.15) is 0 Å². The Hall–Kier alpha value is -4.23. The lowest BCUT2D eigenvalue weighted by molar-refractivity contribution is 0.0697. The fourth-order valence-electron chi connectivity index (χ4n) is 4.94. The highest BCUT2D eigenvalue weighted by Gasteiger charge is 2.17. The average molecular weight is 582 g/mol. The highest BCUT2D eigenvalue weighted by Crippen LogP contribution is 2.29. The number of carboxylic acid groups (broad SMARTS) is 1. The van der Waals surface area contributed by atoms with E-state index in [1.807, 2.05) is 73.7 Å². The molecule has 7 heteroatoms. The molecule has 0 fully saturated rings. The number of halogens is 1. The summed E-state index contributed by atoms with van der Waals surface area (Å²) in [6.45, 7) is 6.79. The molecule has 0 aliphatic heterocycles. The first kappa shape index (κ1) is 26.4. The molecule has 0 aliphatic carbocycles. The third-order valence-corrected chi connectivity index (χ3v) is 7.70. The Morgan fingerprint density at radius 1 is 1.00 bits per heavy atom. The molecule has 0 aliphatic rings. The minimum atomic E-state index is -0.937. The molecule has 1 atom stereocenters.